The van der Waals surface area contributed by atoms with Crippen molar-refractivity contribution in [2.75, 3.05) is 5.32 Å². The van der Waals surface area contributed by atoms with Crippen molar-refractivity contribution in [2.24, 2.45) is 5.10 Å². The molecule has 0 unspecified atom stereocenters. The first-order valence-corrected chi connectivity index (χ1v) is 13.4. The van der Waals surface area contributed by atoms with E-state index in [0.717, 1.165) is 15.6 Å². The van der Waals surface area contributed by atoms with E-state index in [1.807, 2.05) is 37.3 Å². The maximum atomic E-state index is 12.8. The van der Waals surface area contributed by atoms with Crippen LogP contribution in [0.3, 0.4) is 0 Å². The minimum Gasteiger partial charge on any atom is -0.422 e. The first kappa shape index (κ1) is 26.8. The number of para-hydroxylation sites is 1. The van der Waals surface area contributed by atoms with Crippen LogP contribution in [0, 0.1) is 6.92 Å². The fourth-order valence-electron chi connectivity index (χ4n) is 3.89. The Kier molecular flexibility index (Phi) is 8.00. The number of fused-ring (bicyclic) bond motifs is 1. The highest BCUT2D eigenvalue weighted by Gasteiger charge is 2.17. The van der Waals surface area contributed by atoms with Gasteiger partial charge in [0.15, 0.2) is 0 Å². The number of nitrogens with zero attached hydrogens (tertiary/aromatic N) is 1. The molecule has 5 aromatic rings. The van der Waals surface area contributed by atoms with E-state index in [2.05, 4.69) is 15.8 Å². The highest BCUT2D eigenvalue weighted by Crippen LogP contribution is 2.35. The highest BCUT2D eigenvalue weighted by atomic mass is 35.5. The second-order valence-corrected chi connectivity index (χ2v) is 10.2. The van der Waals surface area contributed by atoms with Crippen molar-refractivity contribution < 1.29 is 19.1 Å². The number of hydrogen-bond donors (Lipinski definition) is 2. The molecule has 7 nitrogen and oxygen atoms in total. The second kappa shape index (κ2) is 11.9. The summed E-state index contributed by atoms with van der Waals surface area (Å²) in [7, 11) is 0. The van der Waals surface area contributed by atoms with Gasteiger partial charge in [0.25, 0.3) is 11.8 Å². The standard InChI is InChI=1S/C31H22ClN3O4S/c1-19-7-6-9-21(17-19)31(38)39-25-11-4-2-8-22(25)18-33-35-29(36)20-13-15-23(16-14-20)34-30(37)28-27(32)24-10-3-5-12-26(24)40-28/h2-18H,1H3,(H,34,37)(H,35,36)/b33-18-. The van der Waals surface area contributed by atoms with Crippen molar-refractivity contribution >= 4 is 62.7 Å². The summed E-state index contributed by atoms with van der Waals surface area (Å²) in [4.78, 5) is 38.3. The van der Waals surface area contributed by atoms with E-state index in [1.165, 1.54) is 17.6 Å². The first-order chi connectivity index (χ1) is 19.4. The number of hydrogen-bond acceptors (Lipinski definition) is 6. The van der Waals surface area contributed by atoms with Crippen LogP contribution in [0.4, 0.5) is 5.69 Å². The minimum absolute atomic E-state index is 0.311. The van der Waals surface area contributed by atoms with E-state index < -0.39 is 11.9 Å². The summed E-state index contributed by atoms with van der Waals surface area (Å²) in [6, 6.07) is 27.9. The molecule has 0 saturated carbocycles. The number of nitrogens with one attached hydrogen (secondary N) is 2. The minimum atomic E-state index is -0.490. The van der Waals surface area contributed by atoms with E-state index in [1.54, 1.807) is 66.7 Å². The van der Waals surface area contributed by atoms with Gasteiger partial charge in [0.05, 0.1) is 16.8 Å². The van der Waals surface area contributed by atoms with Gasteiger partial charge in [-0.25, -0.2) is 10.2 Å². The lowest BCUT2D eigenvalue weighted by atomic mass is 10.1. The fourth-order valence-corrected chi connectivity index (χ4v) is 5.30. The van der Waals surface area contributed by atoms with Crippen molar-refractivity contribution in [1.82, 2.24) is 5.43 Å². The molecule has 5 rings (SSSR count). The average Bonchev–Trinajstić information content (AvgIpc) is 3.31. The van der Waals surface area contributed by atoms with Gasteiger partial charge < -0.3 is 10.1 Å². The maximum Gasteiger partial charge on any atom is 0.343 e. The number of carbonyl (C=O) groups excluding carboxylic acids is 3. The van der Waals surface area contributed by atoms with E-state index in [-0.39, 0.29) is 5.91 Å². The SMILES string of the molecule is Cc1cccc(C(=O)Oc2ccccc2/C=N\NC(=O)c2ccc(NC(=O)c3sc4ccccc4c3Cl)cc2)c1. The van der Waals surface area contributed by atoms with Crippen LogP contribution in [-0.4, -0.2) is 24.0 Å². The molecule has 0 fully saturated rings. The highest BCUT2D eigenvalue weighted by molar-refractivity contribution is 7.21. The Labute approximate surface area is 239 Å². The number of rotatable bonds is 7. The normalized spacial score (nSPS) is 10.9. The Morgan fingerprint density at radius 1 is 0.850 bits per heavy atom. The summed E-state index contributed by atoms with van der Waals surface area (Å²) in [6.07, 6.45) is 1.40. The van der Waals surface area contributed by atoms with Gasteiger partial charge in [-0.1, -0.05) is 59.6 Å². The molecule has 0 spiro atoms. The molecule has 0 aliphatic carbocycles. The molecule has 0 aliphatic heterocycles. The monoisotopic (exact) mass is 567 g/mol. The summed E-state index contributed by atoms with van der Waals surface area (Å²) in [5.41, 5.74) is 5.22. The molecule has 2 amide bonds. The maximum absolute atomic E-state index is 12.8. The smallest absolute Gasteiger partial charge is 0.343 e. The van der Waals surface area contributed by atoms with E-state index in [9.17, 15) is 14.4 Å². The van der Waals surface area contributed by atoms with Gasteiger partial charge in [-0.3, -0.25) is 9.59 Å². The van der Waals surface area contributed by atoms with E-state index >= 15 is 0 Å². The third-order valence-electron chi connectivity index (χ3n) is 5.89. The van der Waals surface area contributed by atoms with Crippen molar-refractivity contribution in [1.29, 1.82) is 0 Å². The number of amides is 2. The Bertz CT molecular complexity index is 1760. The van der Waals surface area contributed by atoms with Crippen molar-refractivity contribution in [3.05, 3.63) is 129 Å². The predicted octanol–water partition coefficient (Wildman–Crippen LogP) is 7.10. The predicted molar refractivity (Wildman–Crippen MR) is 159 cm³/mol. The van der Waals surface area contributed by atoms with Gasteiger partial charge in [-0.2, -0.15) is 5.10 Å². The van der Waals surface area contributed by atoms with Gasteiger partial charge in [-0.05, 0) is 61.5 Å². The lowest BCUT2D eigenvalue weighted by Crippen LogP contribution is -2.18. The van der Waals surface area contributed by atoms with Crippen LogP contribution in [0.5, 0.6) is 5.75 Å². The lowest BCUT2D eigenvalue weighted by Gasteiger charge is -2.08. The van der Waals surface area contributed by atoms with E-state index in [0.29, 0.717) is 38.0 Å². The molecule has 0 atom stereocenters. The summed E-state index contributed by atoms with van der Waals surface area (Å²) >= 11 is 7.72. The molecule has 4 aromatic carbocycles. The molecule has 0 aliphatic rings. The molecule has 0 saturated heterocycles. The lowest BCUT2D eigenvalue weighted by molar-refractivity contribution is 0.0733. The zero-order valence-electron chi connectivity index (χ0n) is 21.2. The molecule has 0 radical (unpaired) electrons. The van der Waals surface area contributed by atoms with Crippen molar-refractivity contribution in [3.8, 4) is 5.75 Å². The fraction of sp³-hybridized carbons (Fsp3) is 0.0323. The zero-order chi connectivity index (χ0) is 28.1. The second-order valence-electron chi connectivity index (χ2n) is 8.77. The van der Waals surface area contributed by atoms with Crippen LogP contribution in [0.1, 0.15) is 41.5 Å². The molecule has 40 heavy (non-hydrogen) atoms. The first-order valence-electron chi connectivity index (χ1n) is 12.2. The Balaban J connectivity index is 1.20. The number of anilines is 1. The largest absolute Gasteiger partial charge is 0.422 e. The van der Waals surface area contributed by atoms with Crippen LogP contribution in [-0.2, 0) is 0 Å². The average molecular weight is 568 g/mol. The molecular weight excluding hydrogens is 546 g/mol. The third-order valence-corrected chi connectivity index (χ3v) is 7.57. The van der Waals surface area contributed by atoms with Crippen LogP contribution >= 0.6 is 22.9 Å². The van der Waals surface area contributed by atoms with Gasteiger partial charge in [0.2, 0.25) is 0 Å². The summed E-state index contributed by atoms with van der Waals surface area (Å²) in [5.74, 6) is -0.952. The number of carbonyl (C=O) groups is 3. The number of halogens is 1. The summed E-state index contributed by atoms with van der Waals surface area (Å²) in [6.45, 7) is 1.90. The molecule has 0 bridgehead atoms. The van der Waals surface area contributed by atoms with Crippen molar-refractivity contribution in [3.63, 3.8) is 0 Å². The van der Waals surface area contributed by atoms with Crippen LogP contribution in [0.2, 0.25) is 5.02 Å². The van der Waals surface area contributed by atoms with Gasteiger partial charge >= 0.3 is 5.97 Å². The molecule has 2 N–H and O–H groups in total. The summed E-state index contributed by atoms with van der Waals surface area (Å²) < 4.78 is 6.47. The molecule has 1 heterocycles. The molecule has 9 heteroatoms. The number of benzene rings is 4. The van der Waals surface area contributed by atoms with E-state index in [4.69, 9.17) is 16.3 Å². The van der Waals surface area contributed by atoms with Gasteiger partial charge in [0, 0.05) is 26.9 Å². The Morgan fingerprint density at radius 2 is 1.60 bits per heavy atom. The van der Waals surface area contributed by atoms with Crippen LogP contribution in [0.25, 0.3) is 10.1 Å². The molecule has 198 valence electrons. The quantitative estimate of drug-likeness (QED) is 0.0948. The zero-order valence-corrected chi connectivity index (χ0v) is 22.8. The topological polar surface area (TPSA) is 96.9 Å². The Hall–Kier alpha value is -4.79. The number of esters is 1. The van der Waals surface area contributed by atoms with Crippen molar-refractivity contribution in [2.45, 2.75) is 6.92 Å². The Morgan fingerprint density at radius 3 is 2.38 bits per heavy atom. The third kappa shape index (κ3) is 6.09. The van der Waals surface area contributed by atoms with Crippen LogP contribution in [0.15, 0.2) is 102 Å². The van der Waals surface area contributed by atoms with Gasteiger partial charge in [-0.15, -0.1) is 11.3 Å². The molecule has 1 aromatic heterocycles. The number of thiophene rings is 1. The molecular formula is C31H22ClN3O4S. The van der Waals surface area contributed by atoms with Gasteiger partial charge in [0.1, 0.15) is 10.6 Å². The summed E-state index contributed by atoms with van der Waals surface area (Å²) in [5, 5.41) is 8.07. The van der Waals surface area contributed by atoms with Crippen LogP contribution < -0.4 is 15.5 Å². The number of ether oxygens (including phenoxy) is 1. The number of hydrazone groups is 1. The number of aryl methyl sites for hydroxylation is 1.